The zero-order valence-corrected chi connectivity index (χ0v) is 10.7. The maximum Gasteiger partial charge on any atom is 0.329 e. The number of amides is 1. The Kier molecular flexibility index (Phi) is 3.22. The molecule has 7 heteroatoms. The van der Waals surface area contributed by atoms with Crippen molar-refractivity contribution >= 4 is 28.9 Å². The van der Waals surface area contributed by atoms with Gasteiger partial charge in [-0.3, -0.25) is 4.79 Å². The van der Waals surface area contributed by atoms with Gasteiger partial charge in [-0.1, -0.05) is 23.7 Å². The Labute approximate surface area is 106 Å². The predicted molar refractivity (Wildman–Crippen MR) is 61.9 cm³/mol. The third-order valence-corrected chi connectivity index (χ3v) is 3.56. The van der Waals surface area contributed by atoms with Gasteiger partial charge in [0.25, 0.3) is 5.91 Å². The van der Waals surface area contributed by atoms with Crippen molar-refractivity contribution in [2.45, 2.75) is 12.5 Å². The third kappa shape index (κ3) is 2.21. The molecule has 1 aromatic carbocycles. The van der Waals surface area contributed by atoms with E-state index in [1.54, 1.807) is 24.3 Å². The van der Waals surface area contributed by atoms with Crippen LogP contribution in [0.25, 0.3) is 0 Å². The smallest absolute Gasteiger partial charge is 0.269 e. The minimum Gasteiger partial charge on any atom is -0.269 e. The Hall–Kier alpha value is -0.950. The topological polar surface area (TPSA) is 55.8 Å². The molecule has 2 rings (SSSR count). The van der Waals surface area contributed by atoms with Crippen LogP contribution in [0.5, 0.6) is 0 Å². The summed E-state index contributed by atoms with van der Waals surface area (Å²) >= 11 is 3.77. The van der Waals surface area contributed by atoms with Crippen molar-refractivity contribution in [2.24, 2.45) is 0 Å². The molecule has 0 bridgehead atoms. The number of likely N-dealkylation sites (N-methyl/N-ethyl adjacent to an activating group) is 1. The van der Waals surface area contributed by atoms with Crippen molar-refractivity contribution < 1.29 is 17.5 Å². The van der Waals surface area contributed by atoms with Crippen LogP contribution in [0.2, 0.25) is 5.02 Å². The fraction of sp³-hybridized carbons (Fsp3) is 0.300. The van der Waals surface area contributed by atoms with E-state index in [2.05, 4.69) is 4.28 Å². The molecular formula is C10H10ClNO4S. The first kappa shape index (κ1) is 12.5. The second-order valence-electron chi connectivity index (χ2n) is 3.70. The molecule has 0 radical (unpaired) electrons. The lowest BCUT2D eigenvalue weighted by atomic mass is 9.95. The second kappa shape index (κ2) is 4.38. The van der Waals surface area contributed by atoms with Crippen molar-refractivity contribution in [3.8, 4) is 0 Å². The van der Waals surface area contributed by atoms with E-state index in [0.29, 0.717) is 10.6 Å². The molecule has 1 aliphatic heterocycles. The van der Waals surface area contributed by atoms with Gasteiger partial charge in [-0.15, -0.1) is 4.28 Å². The van der Waals surface area contributed by atoms with Gasteiger partial charge in [-0.25, -0.2) is 9.25 Å². The second-order valence-corrected chi connectivity index (χ2v) is 4.87. The van der Waals surface area contributed by atoms with Crippen LogP contribution in [0, 0.1) is 0 Å². The SMILES string of the molecule is CN1OS(=O)OC(C)(c2ccc(Cl)cc2)C1=O. The van der Waals surface area contributed by atoms with Gasteiger partial charge >= 0.3 is 11.4 Å². The number of rotatable bonds is 1. The maximum atomic E-state index is 12.0. The third-order valence-electron chi connectivity index (χ3n) is 2.50. The Morgan fingerprint density at radius 1 is 1.35 bits per heavy atom. The minimum absolute atomic E-state index is 0.431. The molecule has 1 aliphatic rings. The van der Waals surface area contributed by atoms with E-state index in [4.69, 9.17) is 15.8 Å². The first-order valence-electron chi connectivity index (χ1n) is 4.77. The Morgan fingerprint density at radius 3 is 2.53 bits per heavy atom. The van der Waals surface area contributed by atoms with Gasteiger partial charge in [0.05, 0.1) is 0 Å². The highest BCUT2D eigenvalue weighted by atomic mass is 35.5. The highest BCUT2D eigenvalue weighted by molar-refractivity contribution is 7.75. The van der Waals surface area contributed by atoms with E-state index < -0.39 is 22.9 Å². The van der Waals surface area contributed by atoms with Crippen molar-refractivity contribution in [1.82, 2.24) is 5.06 Å². The van der Waals surface area contributed by atoms with Crippen LogP contribution in [-0.4, -0.2) is 22.2 Å². The number of benzene rings is 1. The summed E-state index contributed by atoms with van der Waals surface area (Å²) in [4.78, 5) is 12.0. The molecule has 0 spiro atoms. The fourth-order valence-electron chi connectivity index (χ4n) is 1.55. The predicted octanol–water partition coefficient (Wildman–Crippen LogP) is 1.55. The van der Waals surface area contributed by atoms with Crippen LogP contribution in [-0.2, 0) is 30.2 Å². The summed E-state index contributed by atoms with van der Waals surface area (Å²) in [6.45, 7) is 1.54. The first-order valence-corrected chi connectivity index (χ1v) is 6.15. The van der Waals surface area contributed by atoms with Crippen molar-refractivity contribution in [3.63, 3.8) is 0 Å². The molecule has 5 nitrogen and oxygen atoms in total. The number of nitrogens with zero attached hydrogens (tertiary/aromatic N) is 1. The van der Waals surface area contributed by atoms with E-state index in [0.717, 1.165) is 5.06 Å². The van der Waals surface area contributed by atoms with E-state index in [1.807, 2.05) is 0 Å². The largest absolute Gasteiger partial charge is 0.329 e. The van der Waals surface area contributed by atoms with Crippen LogP contribution in [0.4, 0.5) is 0 Å². The molecule has 17 heavy (non-hydrogen) atoms. The van der Waals surface area contributed by atoms with E-state index >= 15 is 0 Å². The number of hydroxylamine groups is 2. The van der Waals surface area contributed by atoms with Crippen LogP contribution in [0.1, 0.15) is 12.5 Å². The number of carbonyl (C=O) groups excluding carboxylic acids is 1. The summed E-state index contributed by atoms with van der Waals surface area (Å²) in [5, 5.41) is 1.46. The summed E-state index contributed by atoms with van der Waals surface area (Å²) in [6.07, 6.45) is 0. The van der Waals surface area contributed by atoms with Gasteiger partial charge < -0.3 is 0 Å². The average molecular weight is 276 g/mol. The van der Waals surface area contributed by atoms with Crippen molar-refractivity contribution in [1.29, 1.82) is 0 Å². The zero-order chi connectivity index (χ0) is 12.6. The van der Waals surface area contributed by atoms with Gasteiger partial charge in [-0.2, -0.15) is 4.21 Å². The standard InChI is InChI=1S/C10H10ClNO4S/c1-10(7-3-5-8(11)6-4-7)9(13)12(2)16-17(14)15-10/h3-6H,1-2H3. The lowest BCUT2D eigenvalue weighted by Crippen LogP contribution is -2.50. The number of hydrogen-bond donors (Lipinski definition) is 0. The number of hydrogen-bond acceptors (Lipinski definition) is 4. The Morgan fingerprint density at radius 2 is 1.94 bits per heavy atom. The molecule has 1 saturated heterocycles. The van der Waals surface area contributed by atoms with Crippen LogP contribution in [0.15, 0.2) is 24.3 Å². The lowest BCUT2D eigenvalue weighted by Gasteiger charge is -2.34. The molecule has 0 aromatic heterocycles. The molecular weight excluding hydrogens is 266 g/mol. The highest BCUT2D eigenvalue weighted by Crippen LogP contribution is 2.33. The zero-order valence-electron chi connectivity index (χ0n) is 9.18. The fourth-order valence-corrected chi connectivity index (χ4v) is 2.40. The van der Waals surface area contributed by atoms with Gasteiger partial charge in [0, 0.05) is 12.1 Å². The summed E-state index contributed by atoms with van der Waals surface area (Å²) in [5.74, 6) is -0.431. The summed E-state index contributed by atoms with van der Waals surface area (Å²) in [7, 11) is 1.39. The molecule has 0 aliphatic carbocycles. The quantitative estimate of drug-likeness (QED) is 0.780. The summed E-state index contributed by atoms with van der Waals surface area (Å²) < 4.78 is 21.1. The van der Waals surface area contributed by atoms with Gasteiger partial charge in [0.2, 0.25) is 0 Å². The number of carbonyl (C=O) groups is 1. The molecule has 1 heterocycles. The van der Waals surface area contributed by atoms with Crippen LogP contribution >= 0.6 is 11.6 Å². The highest BCUT2D eigenvalue weighted by Gasteiger charge is 2.46. The first-order chi connectivity index (χ1) is 7.93. The summed E-state index contributed by atoms with van der Waals surface area (Å²) in [5.41, 5.74) is -0.766. The molecule has 2 unspecified atom stereocenters. The van der Waals surface area contributed by atoms with Crippen molar-refractivity contribution in [3.05, 3.63) is 34.9 Å². The van der Waals surface area contributed by atoms with Gasteiger partial charge in [-0.05, 0) is 24.6 Å². The average Bonchev–Trinajstić information content (AvgIpc) is 2.26. The molecule has 0 N–H and O–H groups in total. The Bertz CT molecular complexity index is 478. The molecule has 2 atom stereocenters. The molecule has 1 aromatic rings. The van der Waals surface area contributed by atoms with E-state index in [9.17, 15) is 9.00 Å². The van der Waals surface area contributed by atoms with Gasteiger partial charge in [0.15, 0.2) is 5.60 Å². The Balaban J connectivity index is 2.43. The lowest BCUT2D eigenvalue weighted by molar-refractivity contribution is -0.181. The minimum atomic E-state index is -1.99. The van der Waals surface area contributed by atoms with E-state index in [-0.39, 0.29) is 0 Å². The molecule has 1 fully saturated rings. The van der Waals surface area contributed by atoms with Crippen LogP contribution < -0.4 is 0 Å². The monoisotopic (exact) mass is 275 g/mol. The van der Waals surface area contributed by atoms with Crippen LogP contribution in [0.3, 0.4) is 0 Å². The summed E-state index contributed by atoms with van der Waals surface area (Å²) in [6, 6.07) is 6.57. The molecule has 0 saturated carbocycles. The van der Waals surface area contributed by atoms with E-state index in [1.165, 1.54) is 14.0 Å². The molecule has 1 amide bonds. The molecule has 92 valence electrons. The maximum absolute atomic E-state index is 12.0. The van der Waals surface area contributed by atoms with Crippen molar-refractivity contribution in [2.75, 3.05) is 7.05 Å². The number of halogens is 1. The normalized spacial score (nSPS) is 29.5. The van der Waals surface area contributed by atoms with Gasteiger partial charge in [0.1, 0.15) is 0 Å².